The molecule has 6 nitrogen and oxygen atoms in total. The van der Waals surface area contributed by atoms with Gasteiger partial charge >= 0.3 is 0 Å². The molecule has 1 aliphatic heterocycles. The van der Waals surface area contributed by atoms with Crippen molar-refractivity contribution < 1.29 is 18.0 Å². The molecule has 2 unspecified atom stereocenters. The van der Waals surface area contributed by atoms with Crippen LogP contribution in [0.3, 0.4) is 0 Å². The first-order chi connectivity index (χ1) is 13.5. The van der Waals surface area contributed by atoms with E-state index in [0.717, 1.165) is 0 Å². The molecular formula is C22H30N2O4S. The van der Waals surface area contributed by atoms with Gasteiger partial charge in [0.2, 0.25) is 15.9 Å². The average molecular weight is 419 g/mol. The third kappa shape index (κ3) is 4.16. The summed E-state index contributed by atoms with van der Waals surface area (Å²) in [5.41, 5.74) is 1.65. The summed E-state index contributed by atoms with van der Waals surface area (Å²) >= 11 is 0. The molecule has 2 atom stereocenters. The van der Waals surface area contributed by atoms with Crippen molar-refractivity contribution in [2.24, 2.45) is 17.3 Å². The van der Waals surface area contributed by atoms with E-state index in [1.165, 1.54) is 41.1 Å². The first kappa shape index (κ1) is 21.7. The van der Waals surface area contributed by atoms with Crippen LogP contribution in [0.5, 0.6) is 0 Å². The standard InChI is InChI=1S/C22H30N2O4S/c1-15(2)14-19-20(22(19,4)5)21(26)23-10-12-24(13-11-23)29(27,28)18-8-6-17(7-9-18)16(3)25/h6-9,14,19-20H,10-13H2,1-5H3. The van der Waals surface area contributed by atoms with Crippen LogP contribution >= 0.6 is 0 Å². The highest BCUT2D eigenvalue weighted by atomic mass is 32.2. The Labute approximate surface area is 173 Å². The number of carbonyl (C=O) groups is 2. The van der Waals surface area contributed by atoms with E-state index in [0.29, 0.717) is 18.7 Å². The SMILES string of the molecule is CC(=O)c1ccc(S(=O)(=O)N2CCN(C(=O)C3C(C=C(C)C)C3(C)C)CC2)cc1. The molecule has 1 heterocycles. The molecule has 3 rings (SSSR count). The van der Waals surface area contributed by atoms with Crippen LogP contribution in [0.25, 0.3) is 0 Å². The van der Waals surface area contributed by atoms with Gasteiger partial charge in [-0.25, -0.2) is 8.42 Å². The van der Waals surface area contributed by atoms with E-state index in [9.17, 15) is 18.0 Å². The first-order valence-electron chi connectivity index (χ1n) is 10.0. The Kier molecular flexibility index (Phi) is 5.75. The summed E-state index contributed by atoms with van der Waals surface area (Å²) in [5, 5.41) is 0. The van der Waals surface area contributed by atoms with Crippen molar-refractivity contribution in [3.63, 3.8) is 0 Å². The maximum atomic E-state index is 13.0. The minimum absolute atomic E-state index is 0.0281. The lowest BCUT2D eigenvalue weighted by molar-refractivity contribution is -0.134. The van der Waals surface area contributed by atoms with Gasteiger partial charge in [-0.15, -0.1) is 0 Å². The summed E-state index contributed by atoms with van der Waals surface area (Å²) in [6, 6.07) is 6.02. The van der Waals surface area contributed by atoms with Crippen molar-refractivity contribution in [3.8, 4) is 0 Å². The fraction of sp³-hybridized carbons (Fsp3) is 0.545. The molecule has 1 saturated heterocycles. The Balaban J connectivity index is 1.65. The quantitative estimate of drug-likeness (QED) is 0.544. The van der Waals surface area contributed by atoms with Crippen LogP contribution < -0.4 is 0 Å². The zero-order chi connectivity index (χ0) is 21.6. The molecule has 0 spiro atoms. The number of hydrogen-bond acceptors (Lipinski definition) is 4. The summed E-state index contributed by atoms with van der Waals surface area (Å²) in [6.07, 6.45) is 2.17. The third-order valence-electron chi connectivity index (χ3n) is 6.14. The van der Waals surface area contributed by atoms with Gasteiger partial charge < -0.3 is 4.90 Å². The molecule has 1 saturated carbocycles. The smallest absolute Gasteiger partial charge is 0.243 e. The molecule has 158 valence electrons. The van der Waals surface area contributed by atoms with Gasteiger partial charge in [-0.2, -0.15) is 4.31 Å². The second-order valence-corrected chi connectivity index (χ2v) is 10.8. The van der Waals surface area contributed by atoms with Gasteiger partial charge in [0.15, 0.2) is 5.78 Å². The Hall–Kier alpha value is -1.99. The lowest BCUT2D eigenvalue weighted by Crippen LogP contribution is -2.51. The molecule has 7 heteroatoms. The Morgan fingerprint density at radius 3 is 2.03 bits per heavy atom. The maximum Gasteiger partial charge on any atom is 0.243 e. The molecule has 1 aromatic rings. The van der Waals surface area contributed by atoms with Gasteiger partial charge in [0, 0.05) is 31.7 Å². The van der Waals surface area contributed by atoms with E-state index >= 15 is 0 Å². The van der Waals surface area contributed by atoms with Crippen LogP contribution in [0, 0.1) is 17.3 Å². The van der Waals surface area contributed by atoms with E-state index in [-0.39, 0.29) is 46.9 Å². The number of sulfonamides is 1. The highest BCUT2D eigenvalue weighted by Gasteiger charge is 2.61. The zero-order valence-electron chi connectivity index (χ0n) is 17.8. The van der Waals surface area contributed by atoms with E-state index in [1.54, 1.807) is 4.90 Å². The highest BCUT2D eigenvalue weighted by molar-refractivity contribution is 7.89. The molecule has 2 aliphatic rings. The van der Waals surface area contributed by atoms with Gasteiger partial charge in [0.05, 0.1) is 10.8 Å². The Morgan fingerprint density at radius 1 is 1.00 bits per heavy atom. The van der Waals surface area contributed by atoms with Crippen LogP contribution in [-0.2, 0) is 14.8 Å². The number of Topliss-reactive ketones (excluding diaryl/α,β-unsaturated/α-hetero) is 1. The fourth-order valence-electron chi connectivity index (χ4n) is 4.18. The molecule has 0 radical (unpaired) electrons. The third-order valence-corrected chi connectivity index (χ3v) is 8.05. The van der Waals surface area contributed by atoms with E-state index in [1.807, 2.05) is 13.8 Å². The topological polar surface area (TPSA) is 74.8 Å². The molecule has 1 amide bonds. The largest absolute Gasteiger partial charge is 0.340 e. The van der Waals surface area contributed by atoms with Crippen molar-refractivity contribution in [1.29, 1.82) is 0 Å². The molecular weight excluding hydrogens is 388 g/mol. The highest BCUT2D eigenvalue weighted by Crippen LogP contribution is 2.60. The van der Waals surface area contributed by atoms with Crippen LogP contribution in [0.4, 0.5) is 0 Å². The van der Waals surface area contributed by atoms with Crippen molar-refractivity contribution in [1.82, 2.24) is 9.21 Å². The summed E-state index contributed by atoms with van der Waals surface area (Å²) in [6.45, 7) is 11.1. The summed E-state index contributed by atoms with van der Waals surface area (Å²) in [5.74, 6) is 0.247. The van der Waals surface area contributed by atoms with Gasteiger partial charge in [-0.1, -0.05) is 37.6 Å². The van der Waals surface area contributed by atoms with E-state index in [2.05, 4.69) is 19.9 Å². The van der Waals surface area contributed by atoms with Crippen molar-refractivity contribution in [2.45, 2.75) is 39.5 Å². The second-order valence-electron chi connectivity index (χ2n) is 8.88. The number of rotatable bonds is 5. The zero-order valence-corrected chi connectivity index (χ0v) is 18.6. The molecule has 0 N–H and O–H groups in total. The predicted molar refractivity (Wildman–Crippen MR) is 112 cm³/mol. The summed E-state index contributed by atoms with van der Waals surface area (Å²) < 4.78 is 27.2. The number of amides is 1. The molecule has 1 aliphatic carbocycles. The molecule has 29 heavy (non-hydrogen) atoms. The lowest BCUT2D eigenvalue weighted by Gasteiger charge is -2.34. The number of ketones is 1. The predicted octanol–water partition coefficient (Wildman–Crippen LogP) is 2.96. The second kappa shape index (κ2) is 7.69. The summed E-state index contributed by atoms with van der Waals surface area (Å²) in [7, 11) is -3.63. The van der Waals surface area contributed by atoms with Crippen LogP contribution in [0.15, 0.2) is 40.8 Å². The molecule has 1 aromatic carbocycles. The number of nitrogens with zero attached hydrogens (tertiary/aromatic N) is 2. The number of benzene rings is 1. The normalized spacial score (nSPS) is 24.1. The summed E-state index contributed by atoms with van der Waals surface area (Å²) in [4.78, 5) is 26.4. The fourth-order valence-corrected chi connectivity index (χ4v) is 5.60. The number of allylic oxidation sites excluding steroid dienone is 2. The first-order valence-corrected chi connectivity index (χ1v) is 11.4. The van der Waals surface area contributed by atoms with Crippen LogP contribution in [0.2, 0.25) is 0 Å². The van der Waals surface area contributed by atoms with Crippen molar-refractivity contribution in [2.75, 3.05) is 26.2 Å². The minimum atomic E-state index is -3.63. The van der Waals surface area contributed by atoms with E-state index < -0.39 is 10.0 Å². The average Bonchev–Trinajstić information content (AvgIpc) is 3.20. The number of hydrogen-bond donors (Lipinski definition) is 0. The van der Waals surface area contributed by atoms with Gasteiger partial charge in [0.25, 0.3) is 0 Å². The molecule has 0 aromatic heterocycles. The number of piperazine rings is 1. The number of carbonyl (C=O) groups excluding carboxylic acids is 2. The monoisotopic (exact) mass is 418 g/mol. The molecule has 0 bridgehead atoms. The van der Waals surface area contributed by atoms with Gasteiger partial charge in [-0.3, -0.25) is 9.59 Å². The van der Waals surface area contributed by atoms with Crippen molar-refractivity contribution >= 4 is 21.7 Å². The van der Waals surface area contributed by atoms with Crippen LogP contribution in [-0.4, -0.2) is 55.5 Å². The maximum absolute atomic E-state index is 13.0. The Bertz CT molecular complexity index is 936. The lowest BCUT2D eigenvalue weighted by atomic mass is 10.1. The van der Waals surface area contributed by atoms with Crippen LogP contribution in [0.1, 0.15) is 45.0 Å². The minimum Gasteiger partial charge on any atom is -0.340 e. The van der Waals surface area contributed by atoms with Gasteiger partial charge in [0.1, 0.15) is 0 Å². The van der Waals surface area contributed by atoms with E-state index in [4.69, 9.17) is 0 Å². The Morgan fingerprint density at radius 2 is 1.55 bits per heavy atom. The van der Waals surface area contributed by atoms with Crippen molar-refractivity contribution in [3.05, 3.63) is 41.5 Å². The molecule has 2 fully saturated rings. The van der Waals surface area contributed by atoms with Gasteiger partial charge in [-0.05, 0) is 44.2 Å².